The van der Waals surface area contributed by atoms with E-state index < -0.39 is 51.6 Å². The minimum atomic E-state index is -1.53. The molecule has 0 saturated carbocycles. The number of hydrogen-bond donors (Lipinski definition) is 4. The third kappa shape index (κ3) is 7.30. The number of fused-ring (bicyclic) bond motifs is 2. The van der Waals surface area contributed by atoms with Crippen LogP contribution in [0.25, 0.3) is 27.6 Å². The molecule has 0 radical (unpaired) electrons. The summed E-state index contributed by atoms with van der Waals surface area (Å²) in [6.07, 6.45) is 2.24. The molecule has 2 aromatic carbocycles. The lowest BCUT2D eigenvalue weighted by molar-refractivity contribution is 0.0684. The number of pyridine rings is 3. The first-order valence-electron chi connectivity index (χ1n) is 16.8. The van der Waals surface area contributed by atoms with Crippen LogP contribution in [-0.2, 0) is 6.54 Å². The Kier molecular flexibility index (Phi) is 10.5. The van der Waals surface area contributed by atoms with Gasteiger partial charge in [0.25, 0.3) is 0 Å². The molecule has 0 amide bonds. The molecule has 278 valence electrons. The number of anilines is 2. The molecule has 2 fully saturated rings. The number of nitrogens with zero attached hydrogens (tertiary/aromatic N) is 5. The quantitative estimate of drug-likeness (QED) is 0.189. The van der Waals surface area contributed by atoms with Crippen LogP contribution in [0.4, 0.5) is 29.1 Å². The average Bonchev–Trinajstić information content (AvgIpc) is 3.12. The van der Waals surface area contributed by atoms with Crippen molar-refractivity contribution in [1.29, 1.82) is 0 Å². The molecule has 3 aromatic heterocycles. The Morgan fingerprint density at radius 1 is 0.811 bits per heavy atom. The van der Waals surface area contributed by atoms with Crippen LogP contribution in [0, 0.1) is 23.3 Å². The van der Waals surface area contributed by atoms with Gasteiger partial charge in [-0.05, 0) is 44.2 Å². The van der Waals surface area contributed by atoms with Gasteiger partial charge in [-0.2, -0.15) is 0 Å². The first-order chi connectivity index (χ1) is 25.3. The van der Waals surface area contributed by atoms with Crippen LogP contribution in [0.5, 0.6) is 0 Å². The number of hydrogen-bond acceptors (Lipinski definition) is 9. The molecule has 0 spiro atoms. The summed E-state index contributed by atoms with van der Waals surface area (Å²) in [6, 6.07) is 6.40. The van der Waals surface area contributed by atoms with Crippen LogP contribution in [0.1, 0.15) is 34.6 Å². The maximum Gasteiger partial charge on any atom is 0.341 e. The molecule has 0 bridgehead atoms. The van der Waals surface area contributed by atoms with Gasteiger partial charge in [0.2, 0.25) is 10.9 Å². The van der Waals surface area contributed by atoms with E-state index in [0.29, 0.717) is 51.0 Å². The second kappa shape index (κ2) is 15.0. The van der Waals surface area contributed by atoms with E-state index in [0.717, 1.165) is 48.1 Å². The summed E-state index contributed by atoms with van der Waals surface area (Å²) in [5.41, 5.74) is -2.13. The zero-order valence-electron chi connectivity index (χ0n) is 28.6. The highest BCUT2D eigenvalue weighted by atomic mass is 19.1. The number of benzene rings is 2. The molecule has 17 heteroatoms. The van der Waals surface area contributed by atoms with Crippen LogP contribution in [0.15, 0.2) is 58.4 Å². The first-order valence-corrected chi connectivity index (χ1v) is 16.8. The normalized spacial score (nSPS) is 16.1. The smallest absolute Gasteiger partial charge is 0.341 e. The van der Waals surface area contributed by atoms with Crippen molar-refractivity contribution in [2.75, 3.05) is 55.6 Å². The second-order valence-electron chi connectivity index (χ2n) is 12.6. The van der Waals surface area contributed by atoms with Crippen molar-refractivity contribution in [1.82, 2.24) is 24.8 Å². The summed E-state index contributed by atoms with van der Waals surface area (Å²) in [5.74, 6) is -5.70. The van der Waals surface area contributed by atoms with E-state index in [4.69, 9.17) is 5.11 Å². The molecule has 13 nitrogen and oxygen atoms in total. The van der Waals surface area contributed by atoms with E-state index in [2.05, 4.69) is 15.6 Å². The second-order valence-corrected chi connectivity index (χ2v) is 12.6. The monoisotopic (exact) mass is 737 g/mol. The van der Waals surface area contributed by atoms with E-state index in [1.54, 1.807) is 9.47 Å². The van der Waals surface area contributed by atoms with Crippen molar-refractivity contribution >= 4 is 45.4 Å². The zero-order chi connectivity index (χ0) is 38.1. The van der Waals surface area contributed by atoms with Gasteiger partial charge in [0.05, 0.1) is 22.3 Å². The molecular formula is C36H35F4N7O6. The number of aromatic carboxylic acids is 2. The zero-order valence-corrected chi connectivity index (χ0v) is 28.6. The fourth-order valence-electron chi connectivity index (χ4n) is 6.52. The number of carboxylic acid groups (broad SMARTS) is 2. The van der Waals surface area contributed by atoms with Crippen molar-refractivity contribution in [2.45, 2.75) is 26.4 Å². The highest BCUT2D eigenvalue weighted by molar-refractivity contribution is 5.94. The molecule has 5 aromatic rings. The standard InChI is InChI=1S/C21H18F3N3O3.C15H17FN4O3/c1-11-9-26(5-4-25-11)19-8-18-13(7-16(19)24)20(28)14(21(29)30)10-27(18)17-3-2-12(22)6-15(17)23;1-2-19-8-10(15(22)23)12(21)9-7-11(16)14(18-13(9)19)20-5-3-17-4-6-20/h2-3,6-8,10-11,25H,4-5,9H2,1H3,(H,29,30);7-8,17H,2-6H2,1H3,(H,22,23). The van der Waals surface area contributed by atoms with Gasteiger partial charge in [-0.25, -0.2) is 32.1 Å². The van der Waals surface area contributed by atoms with Crippen LogP contribution in [0.3, 0.4) is 0 Å². The highest BCUT2D eigenvalue weighted by Gasteiger charge is 2.24. The largest absolute Gasteiger partial charge is 0.477 e. The Bertz CT molecular complexity index is 2380. The first kappa shape index (κ1) is 37.0. The summed E-state index contributed by atoms with van der Waals surface area (Å²) in [7, 11) is 0. The van der Waals surface area contributed by atoms with E-state index in [-0.39, 0.29) is 45.1 Å². The molecule has 0 aliphatic carbocycles. The van der Waals surface area contributed by atoms with Crippen LogP contribution in [-0.4, -0.2) is 88.1 Å². The number of rotatable bonds is 6. The average molecular weight is 738 g/mol. The predicted octanol–water partition coefficient (Wildman–Crippen LogP) is 3.57. The predicted molar refractivity (Wildman–Crippen MR) is 190 cm³/mol. The molecule has 2 aliphatic heterocycles. The lowest BCUT2D eigenvalue weighted by atomic mass is 10.1. The van der Waals surface area contributed by atoms with Crippen molar-refractivity contribution in [3.05, 3.63) is 104 Å². The third-order valence-corrected chi connectivity index (χ3v) is 9.15. The van der Waals surface area contributed by atoms with E-state index in [1.165, 1.54) is 12.3 Å². The summed E-state index contributed by atoms with van der Waals surface area (Å²) in [6.45, 7) is 8.58. The Morgan fingerprint density at radius 2 is 1.43 bits per heavy atom. The maximum absolute atomic E-state index is 14.9. The SMILES string of the molecule is CC1CN(c2cc3c(cc2F)c(=O)c(C(=O)O)cn3-c2ccc(F)cc2F)CCN1.CCn1cc(C(=O)O)c(=O)c2cc(F)c(N3CCNCC3)nc21. The van der Waals surface area contributed by atoms with Crippen LogP contribution in [0.2, 0.25) is 0 Å². The minimum absolute atomic E-state index is 0.0110. The Morgan fingerprint density at radius 3 is 2.08 bits per heavy atom. The Hall–Kier alpha value is -5.81. The molecule has 7 rings (SSSR count). The molecule has 2 aliphatic rings. The fourth-order valence-corrected chi connectivity index (χ4v) is 6.52. The third-order valence-electron chi connectivity index (χ3n) is 9.15. The molecule has 2 saturated heterocycles. The summed E-state index contributed by atoms with van der Waals surface area (Å²) in [4.78, 5) is 55.6. The fraction of sp³-hybridized carbons (Fsp3) is 0.306. The van der Waals surface area contributed by atoms with E-state index in [9.17, 15) is 41.8 Å². The van der Waals surface area contributed by atoms with Gasteiger partial charge >= 0.3 is 11.9 Å². The van der Waals surface area contributed by atoms with Gasteiger partial charge in [-0.3, -0.25) is 9.59 Å². The van der Waals surface area contributed by atoms with Gasteiger partial charge in [0.15, 0.2) is 11.6 Å². The van der Waals surface area contributed by atoms with Crippen molar-refractivity contribution in [3.63, 3.8) is 0 Å². The van der Waals surface area contributed by atoms with Crippen LogP contribution >= 0.6 is 0 Å². The van der Waals surface area contributed by atoms with Gasteiger partial charge in [0.1, 0.15) is 34.2 Å². The Labute approximate surface area is 298 Å². The summed E-state index contributed by atoms with van der Waals surface area (Å²) < 4.78 is 60.0. The number of piperazine rings is 2. The maximum atomic E-state index is 14.9. The molecule has 1 unspecified atom stereocenters. The number of aromatic nitrogens is 3. The highest BCUT2D eigenvalue weighted by Crippen LogP contribution is 2.29. The molecule has 1 atom stereocenters. The number of carbonyl (C=O) groups is 2. The lowest BCUT2D eigenvalue weighted by Crippen LogP contribution is -2.49. The van der Waals surface area contributed by atoms with Gasteiger partial charge in [-0.15, -0.1) is 0 Å². The van der Waals surface area contributed by atoms with Gasteiger partial charge in [-0.1, -0.05) is 0 Å². The minimum Gasteiger partial charge on any atom is -0.477 e. The molecule has 53 heavy (non-hydrogen) atoms. The lowest BCUT2D eigenvalue weighted by Gasteiger charge is -2.34. The summed E-state index contributed by atoms with van der Waals surface area (Å²) in [5, 5.41) is 24.7. The van der Waals surface area contributed by atoms with Crippen molar-refractivity contribution in [3.8, 4) is 5.69 Å². The summed E-state index contributed by atoms with van der Waals surface area (Å²) >= 11 is 0. The Balaban J connectivity index is 0.000000188. The topological polar surface area (TPSA) is 162 Å². The van der Waals surface area contributed by atoms with E-state index in [1.807, 2.05) is 18.7 Å². The van der Waals surface area contributed by atoms with Crippen molar-refractivity contribution in [2.24, 2.45) is 0 Å². The number of nitrogens with one attached hydrogen (secondary N) is 2. The number of aryl methyl sites for hydroxylation is 1. The van der Waals surface area contributed by atoms with Crippen molar-refractivity contribution < 1.29 is 37.4 Å². The number of carboxylic acids is 2. The molecular weight excluding hydrogens is 702 g/mol. The number of halogens is 4. The van der Waals surface area contributed by atoms with Gasteiger partial charge in [0, 0.05) is 82.2 Å². The van der Waals surface area contributed by atoms with Gasteiger partial charge < -0.3 is 39.8 Å². The molecule has 4 N–H and O–H groups in total. The molecule has 5 heterocycles. The van der Waals surface area contributed by atoms with E-state index >= 15 is 0 Å². The van der Waals surface area contributed by atoms with Crippen LogP contribution < -0.4 is 31.3 Å².